The van der Waals surface area contributed by atoms with Crippen molar-refractivity contribution in [1.29, 1.82) is 0 Å². The lowest BCUT2D eigenvalue weighted by molar-refractivity contribution is 0.0763. The first-order valence-electron chi connectivity index (χ1n) is 12.3. The molecule has 2 amide bonds. The molecule has 8 nitrogen and oxygen atoms in total. The van der Waals surface area contributed by atoms with E-state index in [1.54, 1.807) is 12.1 Å². The molecular formula is C29H26N6O2. The lowest BCUT2D eigenvalue weighted by Gasteiger charge is -2.20. The van der Waals surface area contributed by atoms with Crippen molar-refractivity contribution in [3.63, 3.8) is 0 Å². The third kappa shape index (κ3) is 4.99. The molecule has 2 aliphatic rings. The molecule has 37 heavy (non-hydrogen) atoms. The van der Waals surface area contributed by atoms with Crippen molar-refractivity contribution in [3.05, 3.63) is 108 Å². The van der Waals surface area contributed by atoms with Gasteiger partial charge in [-0.15, -0.1) is 0 Å². The molecule has 2 atom stereocenters. The highest BCUT2D eigenvalue weighted by molar-refractivity contribution is 5.94. The number of fused-ring (bicyclic) bond motifs is 1. The largest absolute Gasteiger partial charge is 0.347 e. The Morgan fingerprint density at radius 3 is 1.73 bits per heavy atom. The fourth-order valence-corrected chi connectivity index (χ4v) is 4.89. The second-order valence-electron chi connectivity index (χ2n) is 9.34. The fraction of sp³-hybridized carbons (Fsp3) is 0.172. The van der Waals surface area contributed by atoms with Crippen LogP contribution in [0.2, 0.25) is 0 Å². The molecule has 2 fully saturated rings. The van der Waals surface area contributed by atoms with Crippen molar-refractivity contribution in [2.75, 3.05) is 23.7 Å². The van der Waals surface area contributed by atoms with Gasteiger partial charge in [-0.1, -0.05) is 48.5 Å². The molecule has 0 radical (unpaired) electrons. The van der Waals surface area contributed by atoms with Crippen LogP contribution in [-0.4, -0.2) is 45.8 Å². The van der Waals surface area contributed by atoms with Gasteiger partial charge in [0.15, 0.2) is 0 Å². The Morgan fingerprint density at radius 2 is 1.16 bits per heavy atom. The van der Waals surface area contributed by atoms with E-state index in [1.165, 1.54) is 0 Å². The molecular weight excluding hydrogens is 464 g/mol. The van der Waals surface area contributed by atoms with Crippen molar-refractivity contribution in [2.24, 2.45) is 11.8 Å². The monoisotopic (exact) mass is 490 g/mol. The molecule has 3 heterocycles. The lowest BCUT2D eigenvalue weighted by Crippen LogP contribution is -2.38. The minimum absolute atomic E-state index is 0.0585. The Hall–Kier alpha value is -4.72. The number of amides is 2. The molecule has 2 unspecified atom stereocenters. The molecule has 2 aromatic heterocycles. The van der Waals surface area contributed by atoms with Crippen molar-refractivity contribution < 1.29 is 9.59 Å². The summed E-state index contributed by atoms with van der Waals surface area (Å²) < 4.78 is 0. The van der Waals surface area contributed by atoms with E-state index in [0.717, 1.165) is 11.4 Å². The first-order valence-corrected chi connectivity index (χ1v) is 12.3. The summed E-state index contributed by atoms with van der Waals surface area (Å²) >= 11 is 0. The first-order chi connectivity index (χ1) is 18.1. The van der Waals surface area contributed by atoms with Gasteiger partial charge in [0, 0.05) is 42.3 Å². The van der Waals surface area contributed by atoms with Crippen LogP contribution in [0.5, 0.6) is 0 Å². The number of benzene rings is 2. The summed E-state index contributed by atoms with van der Waals surface area (Å²) in [7, 11) is 0. The van der Waals surface area contributed by atoms with Gasteiger partial charge in [0.2, 0.25) is 0 Å². The number of pyridine rings is 2. The van der Waals surface area contributed by atoms with Crippen molar-refractivity contribution >= 4 is 34.8 Å². The number of carbonyl (C=O) groups excluding carboxylic acids is 2. The average molecular weight is 491 g/mol. The molecule has 1 saturated carbocycles. The van der Waals surface area contributed by atoms with E-state index in [4.69, 9.17) is 0 Å². The predicted octanol–water partition coefficient (Wildman–Crippen LogP) is 4.46. The Morgan fingerprint density at radius 1 is 0.649 bits per heavy atom. The summed E-state index contributed by atoms with van der Waals surface area (Å²) in [6.45, 7) is 1.21. The second kappa shape index (κ2) is 9.73. The van der Waals surface area contributed by atoms with E-state index in [0.29, 0.717) is 36.1 Å². The van der Waals surface area contributed by atoms with Crippen LogP contribution < -0.4 is 16.0 Å². The lowest BCUT2D eigenvalue weighted by atomic mass is 10.2. The topological polar surface area (TPSA) is 99.3 Å². The summed E-state index contributed by atoms with van der Waals surface area (Å²) in [4.78, 5) is 36.7. The number of anilines is 4. The molecule has 2 aromatic carbocycles. The number of para-hydroxylation sites is 2. The maximum absolute atomic E-state index is 13.1. The highest BCUT2D eigenvalue weighted by Gasteiger charge is 2.57. The minimum Gasteiger partial charge on any atom is -0.347 e. The predicted molar refractivity (Wildman–Crippen MR) is 142 cm³/mol. The molecule has 1 aliphatic carbocycles. The average Bonchev–Trinajstić information content (AvgIpc) is 3.36. The van der Waals surface area contributed by atoms with Crippen LogP contribution in [0.3, 0.4) is 0 Å². The third-order valence-corrected chi connectivity index (χ3v) is 6.82. The van der Waals surface area contributed by atoms with Crippen LogP contribution in [0.15, 0.2) is 97.1 Å². The van der Waals surface area contributed by atoms with Gasteiger partial charge >= 0.3 is 0 Å². The number of carbonyl (C=O) groups is 2. The van der Waals surface area contributed by atoms with Crippen LogP contribution in [0.1, 0.15) is 21.0 Å². The van der Waals surface area contributed by atoms with Gasteiger partial charge in [0.25, 0.3) is 11.8 Å². The van der Waals surface area contributed by atoms with Crippen LogP contribution in [0, 0.1) is 11.8 Å². The molecule has 6 rings (SSSR count). The van der Waals surface area contributed by atoms with Gasteiger partial charge < -0.3 is 20.9 Å². The van der Waals surface area contributed by atoms with Gasteiger partial charge in [-0.05, 0) is 48.5 Å². The van der Waals surface area contributed by atoms with E-state index in [9.17, 15) is 9.59 Å². The van der Waals surface area contributed by atoms with E-state index in [2.05, 4.69) is 25.9 Å². The van der Waals surface area contributed by atoms with Crippen LogP contribution in [0.4, 0.5) is 23.0 Å². The van der Waals surface area contributed by atoms with Gasteiger partial charge in [0.05, 0.1) is 0 Å². The normalized spacial score (nSPS) is 19.6. The number of likely N-dealkylation sites (tertiary alicyclic amines) is 1. The quantitative estimate of drug-likeness (QED) is 0.354. The highest BCUT2D eigenvalue weighted by Crippen LogP contribution is 2.46. The Bertz CT molecular complexity index is 1420. The number of nitrogens with one attached hydrogen (secondary N) is 3. The SMILES string of the molecule is O=C(NC1C2CN(C(=O)c3cccc(Nc4ccccc4)n3)CC21)c1cccc(Nc2ccccc2)n1. The number of nitrogens with zero attached hydrogens (tertiary/aromatic N) is 3. The summed E-state index contributed by atoms with van der Waals surface area (Å²) in [6, 6.07) is 30.3. The van der Waals surface area contributed by atoms with Crippen LogP contribution >= 0.6 is 0 Å². The molecule has 1 saturated heterocycles. The van der Waals surface area contributed by atoms with E-state index in [-0.39, 0.29) is 29.7 Å². The van der Waals surface area contributed by atoms with Crippen molar-refractivity contribution in [2.45, 2.75) is 6.04 Å². The first kappa shape index (κ1) is 22.7. The Kier molecular flexibility index (Phi) is 5.98. The third-order valence-electron chi connectivity index (χ3n) is 6.82. The number of piperidine rings is 1. The van der Waals surface area contributed by atoms with Gasteiger partial charge in [-0.25, -0.2) is 9.97 Å². The van der Waals surface area contributed by atoms with E-state index in [1.807, 2.05) is 89.8 Å². The smallest absolute Gasteiger partial charge is 0.272 e. The Balaban J connectivity index is 1.04. The maximum atomic E-state index is 13.1. The number of rotatable bonds is 7. The summed E-state index contributed by atoms with van der Waals surface area (Å²) in [5.41, 5.74) is 2.60. The maximum Gasteiger partial charge on any atom is 0.272 e. The standard InChI is InChI=1S/C29H26N6O2/c36-28(23-13-7-15-25(32-23)30-19-9-3-1-4-10-19)34-27-21-17-35(18-22(21)27)29(37)24-14-8-16-26(33-24)31-20-11-5-2-6-12-20/h1-16,21-22,27H,17-18H2,(H,30,32)(H,31,33)(H,34,36). The van der Waals surface area contributed by atoms with Crippen LogP contribution in [0.25, 0.3) is 0 Å². The van der Waals surface area contributed by atoms with Crippen LogP contribution in [-0.2, 0) is 0 Å². The summed E-state index contributed by atoms with van der Waals surface area (Å²) in [5, 5.41) is 9.55. The highest BCUT2D eigenvalue weighted by atomic mass is 16.2. The summed E-state index contributed by atoms with van der Waals surface area (Å²) in [5.74, 6) is 1.46. The number of aromatic nitrogens is 2. The minimum atomic E-state index is -0.199. The number of hydrogen-bond acceptors (Lipinski definition) is 6. The molecule has 184 valence electrons. The molecule has 4 aromatic rings. The Labute approximate surface area is 214 Å². The fourth-order valence-electron chi connectivity index (χ4n) is 4.89. The molecule has 0 bridgehead atoms. The van der Waals surface area contributed by atoms with Gasteiger partial charge in [-0.2, -0.15) is 0 Å². The zero-order chi connectivity index (χ0) is 25.2. The number of hydrogen-bond donors (Lipinski definition) is 3. The van der Waals surface area contributed by atoms with E-state index < -0.39 is 0 Å². The molecule has 3 N–H and O–H groups in total. The van der Waals surface area contributed by atoms with E-state index >= 15 is 0 Å². The van der Waals surface area contributed by atoms with Crippen molar-refractivity contribution in [3.8, 4) is 0 Å². The zero-order valence-electron chi connectivity index (χ0n) is 20.0. The van der Waals surface area contributed by atoms with Crippen molar-refractivity contribution in [1.82, 2.24) is 20.2 Å². The van der Waals surface area contributed by atoms with Gasteiger partial charge in [-0.3, -0.25) is 9.59 Å². The summed E-state index contributed by atoms with van der Waals surface area (Å²) in [6.07, 6.45) is 0. The molecule has 0 spiro atoms. The molecule has 1 aliphatic heterocycles. The second-order valence-corrected chi connectivity index (χ2v) is 9.34. The zero-order valence-corrected chi connectivity index (χ0v) is 20.0. The molecule has 8 heteroatoms. The van der Waals surface area contributed by atoms with Gasteiger partial charge in [0.1, 0.15) is 23.0 Å².